The third-order valence-electron chi connectivity index (χ3n) is 4.44. The molecule has 5 nitrogen and oxygen atoms in total. The first-order valence-electron chi connectivity index (χ1n) is 8.22. The number of aromatic nitrogens is 2. The minimum absolute atomic E-state index is 0.0137. The van der Waals surface area contributed by atoms with Gasteiger partial charge in [-0.2, -0.15) is 5.10 Å². The van der Waals surface area contributed by atoms with Crippen LogP contribution in [0.3, 0.4) is 0 Å². The molecular formula is C19H19N3O2. The first kappa shape index (κ1) is 14.8. The number of carbonyl (C=O) groups is 1. The second kappa shape index (κ2) is 6.00. The summed E-state index contributed by atoms with van der Waals surface area (Å²) in [6.45, 7) is 3.34. The van der Waals surface area contributed by atoms with Crippen LogP contribution in [0, 0.1) is 0 Å². The number of likely N-dealkylation sites (tertiary alicyclic amines) is 1. The van der Waals surface area contributed by atoms with Gasteiger partial charge in [0.15, 0.2) is 0 Å². The second-order valence-electron chi connectivity index (χ2n) is 6.00. The molecule has 1 amide bonds. The first-order valence-corrected chi connectivity index (χ1v) is 8.22. The summed E-state index contributed by atoms with van der Waals surface area (Å²) in [5, 5.41) is 4.23. The highest BCUT2D eigenvalue weighted by molar-refractivity contribution is 6.01. The average Bonchev–Trinajstić information content (AvgIpc) is 3.01. The molecule has 0 radical (unpaired) electrons. The van der Waals surface area contributed by atoms with Crippen LogP contribution < -0.4 is 4.74 Å². The Balaban J connectivity index is 1.43. The van der Waals surface area contributed by atoms with Crippen LogP contribution in [-0.4, -0.2) is 39.6 Å². The van der Waals surface area contributed by atoms with E-state index in [2.05, 4.69) is 18.1 Å². The summed E-state index contributed by atoms with van der Waals surface area (Å²) >= 11 is 0. The van der Waals surface area contributed by atoms with Crippen molar-refractivity contribution in [2.24, 2.45) is 0 Å². The topological polar surface area (TPSA) is 46.8 Å². The molecule has 1 aliphatic rings. The maximum Gasteiger partial charge on any atom is 0.257 e. The number of ether oxygens (including phenoxy) is 1. The predicted molar refractivity (Wildman–Crippen MR) is 91.3 cm³/mol. The number of nitrogens with zero attached hydrogens (tertiary/aromatic N) is 3. The molecule has 0 atom stereocenters. The second-order valence-corrected chi connectivity index (χ2v) is 6.00. The lowest BCUT2D eigenvalue weighted by Crippen LogP contribution is -2.56. The van der Waals surface area contributed by atoms with Crippen molar-refractivity contribution in [2.75, 3.05) is 13.1 Å². The standard InChI is InChI=1S/C19H19N3O2/c1-2-14-7-3-4-9-18(14)24-15-12-21(13-15)19(23)16-11-20-22-10-6-5-8-17(16)22/h3-11,15H,2,12-13H2,1H3. The fourth-order valence-corrected chi connectivity index (χ4v) is 3.04. The molecule has 0 N–H and O–H groups in total. The first-order chi connectivity index (χ1) is 11.8. The van der Waals surface area contributed by atoms with Crippen molar-refractivity contribution < 1.29 is 9.53 Å². The van der Waals surface area contributed by atoms with Gasteiger partial charge in [0, 0.05) is 6.20 Å². The molecule has 3 heterocycles. The normalized spacial score (nSPS) is 14.6. The van der Waals surface area contributed by atoms with Gasteiger partial charge in [-0.15, -0.1) is 0 Å². The van der Waals surface area contributed by atoms with E-state index in [0.717, 1.165) is 17.7 Å². The van der Waals surface area contributed by atoms with Crippen molar-refractivity contribution >= 4 is 11.4 Å². The van der Waals surface area contributed by atoms with E-state index < -0.39 is 0 Å². The van der Waals surface area contributed by atoms with Crippen molar-refractivity contribution in [3.8, 4) is 5.75 Å². The fraction of sp³-hybridized carbons (Fsp3) is 0.263. The number of fused-ring (bicyclic) bond motifs is 1. The molecule has 0 saturated carbocycles. The van der Waals surface area contributed by atoms with Gasteiger partial charge in [-0.25, -0.2) is 4.52 Å². The van der Waals surface area contributed by atoms with E-state index in [1.165, 1.54) is 5.56 Å². The quantitative estimate of drug-likeness (QED) is 0.742. The van der Waals surface area contributed by atoms with E-state index in [9.17, 15) is 4.79 Å². The van der Waals surface area contributed by atoms with Crippen molar-refractivity contribution in [3.63, 3.8) is 0 Å². The Labute approximate surface area is 140 Å². The summed E-state index contributed by atoms with van der Waals surface area (Å²) in [7, 11) is 0. The van der Waals surface area contributed by atoms with Gasteiger partial charge < -0.3 is 9.64 Å². The maximum atomic E-state index is 12.6. The number of para-hydroxylation sites is 1. The smallest absolute Gasteiger partial charge is 0.257 e. The summed E-state index contributed by atoms with van der Waals surface area (Å²) in [5.74, 6) is 0.938. The average molecular weight is 321 g/mol. The maximum absolute atomic E-state index is 12.6. The van der Waals surface area contributed by atoms with Crippen LogP contribution in [0.15, 0.2) is 54.9 Å². The molecular weight excluding hydrogens is 302 g/mol. The van der Waals surface area contributed by atoms with Gasteiger partial charge in [-0.3, -0.25) is 4.79 Å². The Bertz CT molecular complexity index is 881. The fourth-order valence-electron chi connectivity index (χ4n) is 3.04. The largest absolute Gasteiger partial charge is 0.486 e. The number of amides is 1. The molecule has 1 fully saturated rings. The number of benzene rings is 1. The van der Waals surface area contributed by atoms with Crippen LogP contribution in [0.1, 0.15) is 22.8 Å². The minimum atomic E-state index is 0.0137. The van der Waals surface area contributed by atoms with E-state index in [1.54, 1.807) is 10.7 Å². The number of hydrogen-bond acceptors (Lipinski definition) is 3. The van der Waals surface area contributed by atoms with Gasteiger partial charge in [0.25, 0.3) is 5.91 Å². The molecule has 5 heteroatoms. The van der Waals surface area contributed by atoms with Gasteiger partial charge in [0.2, 0.25) is 0 Å². The molecule has 1 saturated heterocycles. The Morgan fingerprint density at radius 2 is 2.00 bits per heavy atom. The van der Waals surface area contributed by atoms with Crippen LogP contribution in [-0.2, 0) is 6.42 Å². The van der Waals surface area contributed by atoms with E-state index in [-0.39, 0.29) is 12.0 Å². The number of hydrogen-bond donors (Lipinski definition) is 0. The highest BCUT2D eigenvalue weighted by Gasteiger charge is 2.34. The summed E-state index contributed by atoms with van der Waals surface area (Å²) in [6, 6.07) is 13.8. The lowest BCUT2D eigenvalue weighted by molar-refractivity contribution is 0.0176. The summed E-state index contributed by atoms with van der Waals surface area (Å²) in [6.07, 6.45) is 4.48. The lowest BCUT2D eigenvalue weighted by atomic mass is 10.1. The van der Waals surface area contributed by atoms with E-state index in [4.69, 9.17) is 4.74 Å². The Hall–Kier alpha value is -2.82. The van der Waals surface area contributed by atoms with Crippen LogP contribution in [0.4, 0.5) is 0 Å². The van der Waals surface area contributed by atoms with Crippen LogP contribution in [0.25, 0.3) is 5.52 Å². The van der Waals surface area contributed by atoms with Gasteiger partial charge in [0.1, 0.15) is 11.9 Å². The molecule has 24 heavy (non-hydrogen) atoms. The zero-order valence-electron chi connectivity index (χ0n) is 13.6. The lowest BCUT2D eigenvalue weighted by Gasteiger charge is -2.39. The monoisotopic (exact) mass is 321 g/mol. The van der Waals surface area contributed by atoms with Crippen LogP contribution in [0.2, 0.25) is 0 Å². The Kier molecular flexibility index (Phi) is 3.69. The SMILES string of the molecule is CCc1ccccc1OC1CN(C(=O)c2cnn3ccccc23)C1. The van der Waals surface area contributed by atoms with Gasteiger partial charge in [0.05, 0.1) is 30.4 Å². The van der Waals surface area contributed by atoms with Crippen molar-refractivity contribution in [1.82, 2.24) is 14.5 Å². The molecule has 0 spiro atoms. The zero-order valence-corrected chi connectivity index (χ0v) is 13.6. The Morgan fingerprint density at radius 1 is 1.21 bits per heavy atom. The third-order valence-corrected chi connectivity index (χ3v) is 4.44. The molecule has 0 unspecified atom stereocenters. The number of pyridine rings is 1. The number of rotatable bonds is 4. The van der Waals surface area contributed by atoms with Gasteiger partial charge >= 0.3 is 0 Å². The molecule has 3 aromatic rings. The zero-order chi connectivity index (χ0) is 16.5. The molecule has 122 valence electrons. The summed E-state index contributed by atoms with van der Waals surface area (Å²) in [4.78, 5) is 14.4. The van der Waals surface area contributed by atoms with Gasteiger partial charge in [-0.05, 0) is 30.2 Å². The third kappa shape index (κ3) is 2.52. The van der Waals surface area contributed by atoms with Gasteiger partial charge in [-0.1, -0.05) is 31.2 Å². The van der Waals surface area contributed by atoms with Crippen molar-refractivity contribution in [1.29, 1.82) is 0 Å². The predicted octanol–water partition coefficient (Wildman–Crippen LogP) is 2.80. The van der Waals surface area contributed by atoms with Crippen LogP contribution in [0.5, 0.6) is 5.75 Å². The van der Waals surface area contributed by atoms with E-state index in [1.807, 2.05) is 47.5 Å². The van der Waals surface area contributed by atoms with E-state index in [0.29, 0.717) is 18.7 Å². The van der Waals surface area contributed by atoms with Crippen molar-refractivity contribution in [3.05, 3.63) is 66.0 Å². The number of aryl methyl sites for hydroxylation is 1. The highest BCUT2D eigenvalue weighted by atomic mass is 16.5. The molecule has 2 aromatic heterocycles. The van der Waals surface area contributed by atoms with Crippen LogP contribution >= 0.6 is 0 Å². The molecule has 4 rings (SSSR count). The highest BCUT2D eigenvalue weighted by Crippen LogP contribution is 2.24. The molecule has 0 bridgehead atoms. The summed E-state index contributed by atoms with van der Waals surface area (Å²) < 4.78 is 7.76. The van der Waals surface area contributed by atoms with Crippen molar-refractivity contribution in [2.45, 2.75) is 19.4 Å². The number of carbonyl (C=O) groups excluding carboxylic acids is 1. The molecule has 0 aliphatic carbocycles. The minimum Gasteiger partial charge on any atom is -0.486 e. The van der Waals surface area contributed by atoms with E-state index >= 15 is 0 Å². The molecule has 1 aliphatic heterocycles. The summed E-state index contributed by atoms with van der Waals surface area (Å²) in [5.41, 5.74) is 2.68. The molecule has 1 aromatic carbocycles. The Morgan fingerprint density at radius 3 is 2.83 bits per heavy atom.